The number of carbonyl (C=O) groups is 1. The summed E-state index contributed by atoms with van der Waals surface area (Å²) < 4.78 is 1.30. The van der Waals surface area contributed by atoms with E-state index in [1.807, 2.05) is 0 Å². The summed E-state index contributed by atoms with van der Waals surface area (Å²) in [5, 5.41) is 33.7. The second kappa shape index (κ2) is 5.34. The van der Waals surface area contributed by atoms with Crippen LogP contribution in [0.4, 0.5) is 5.69 Å². The zero-order valence-corrected chi connectivity index (χ0v) is 10.3. The van der Waals surface area contributed by atoms with Gasteiger partial charge in [0.1, 0.15) is 11.2 Å². The van der Waals surface area contributed by atoms with Crippen molar-refractivity contribution in [3.8, 4) is 0 Å². The average molecular weight is 258 g/mol. The Hall–Kier alpha value is -1.64. The number of hydrogen-bond donors (Lipinski definition) is 5. The van der Waals surface area contributed by atoms with Gasteiger partial charge in [-0.2, -0.15) is 5.10 Å². The van der Waals surface area contributed by atoms with E-state index >= 15 is 0 Å². The largest absolute Gasteiger partial charge is 0.395 e. The van der Waals surface area contributed by atoms with Gasteiger partial charge in [-0.3, -0.25) is 9.48 Å². The monoisotopic (exact) mass is 258 g/mol. The highest BCUT2D eigenvalue weighted by Gasteiger charge is 2.32. The van der Waals surface area contributed by atoms with Crippen LogP contribution in [0.2, 0.25) is 0 Å². The Balaban J connectivity index is 3.01. The molecule has 1 heterocycles. The fraction of sp³-hybridized carbons (Fsp3) is 0.600. The number of aromatic nitrogens is 2. The van der Waals surface area contributed by atoms with Gasteiger partial charge in [0.2, 0.25) is 0 Å². The summed E-state index contributed by atoms with van der Waals surface area (Å²) in [4.78, 5) is 12.0. The van der Waals surface area contributed by atoms with Crippen molar-refractivity contribution in [1.82, 2.24) is 15.1 Å². The summed E-state index contributed by atoms with van der Waals surface area (Å²) in [7, 11) is 1.55. The molecule has 18 heavy (non-hydrogen) atoms. The van der Waals surface area contributed by atoms with Crippen LogP contribution in [0.1, 0.15) is 16.2 Å². The van der Waals surface area contributed by atoms with Crippen molar-refractivity contribution in [2.45, 2.75) is 12.5 Å². The van der Waals surface area contributed by atoms with Crippen molar-refractivity contribution in [2.24, 2.45) is 7.05 Å². The molecule has 0 fully saturated rings. The Morgan fingerprint density at radius 3 is 2.22 bits per heavy atom. The first-order chi connectivity index (χ1) is 8.40. The number of aliphatic hydroxyl groups is 3. The van der Waals surface area contributed by atoms with Crippen LogP contribution in [0.5, 0.6) is 0 Å². The summed E-state index contributed by atoms with van der Waals surface area (Å²) in [5.41, 5.74) is 5.07. The van der Waals surface area contributed by atoms with Crippen LogP contribution in [-0.4, -0.2) is 56.4 Å². The van der Waals surface area contributed by atoms with Crippen LogP contribution in [-0.2, 0) is 7.05 Å². The molecule has 8 nitrogen and oxygen atoms in total. The molecule has 8 heteroatoms. The van der Waals surface area contributed by atoms with Crippen molar-refractivity contribution in [2.75, 3.05) is 25.6 Å². The van der Waals surface area contributed by atoms with Gasteiger partial charge in [0, 0.05) is 7.05 Å². The van der Waals surface area contributed by atoms with Gasteiger partial charge in [0.25, 0.3) is 5.91 Å². The molecule has 0 aliphatic heterocycles. The third-order valence-corrected chi connectivity index (χ3v) is 2.77. The van der Waals surface area contributed by atoms with E-state index in [0.29, 0.717) is 5.69 Å². The maximum atomic E-state index is 12.0. The molecule has 0 aliphatic rings. The highest BCUT2D eigenvalue weighted by Crippen LogP contribution is 2.16. The molecule has 0 aromatic carbocycles. The third kappa shape index (κ3) is 2.45. The molecule has 1 aromatic rings. The molecular formula is C10H18N4O4. The van der Waals surface area contributed by atoms with Gasteiger partial charge in [-0.1, -0.05) is 0 Å². The average Bonchev–Trinajstić information content (AvgIpc) is 2.60. The van der Waals surface area contributed by atoms with Gasteiger partial charge in [0.15, 0.2) is 0 Å². The lowest BCUT2D eigenvalue weighted by molar-refractivity contribution is 0.0371. The number of anilines is 1. The minimum atomic E-state index is -1.48. The van der Waals surface area contributed by atoms with Gasteiger partial charge in [-0.25, -0.2) is 0 Å². The lowest BCUT2D eigenvalue weighted by atomic mass is 10.0. The van der Waals surface area contributed by atoms with Crippen molar-refractivity contribution < 1.29 is 20.1 Å². The van der Waals surface area contributed by atoms with Crippen molar-refractivity contribution in [1.29, 1.82) is 0 Å². The molecule has 0 spiro atoms. The zero-order valence-electron chi connectivity index (χ0n) is 10.3. The molecule has 6 N–H and O–H groups in total. The number of carbonyl (C=O) groups excluding carboxylic acids is 1. The number of nitrogens with zero attached hydrogens (tertiary/aromatic N) is 2. The number of nitrogen functional groups attached to an aromatic ring is 1. The van der Waals surface area contributed by atoms with E-state index in [1.54, 1.807) is 14.0 Å². The first kappa shape index (κ1) is 14.4. The number of rotatable bonds is 5. The minimum absolute atomic E-state index is 0.118. The number of nitrogens with two attached hydrogens (primary N) is 1. The van der Waals surface area contributed by atoms with Gasteiger partial charge in [0.05, 0.1) is 31.2 Å². The van der Waals surface area contributed by atoms with Gasteiger partial charge in [-0.15, -0.1) is 0 Å². The minimum Gasteiger partial charge on any atom is -0.395 e. The zero-order chi connectivity index (χ0) is 13.9. The topological polar surface area (TPSA) is 134 Å². The SMILES string of the molecule is Cc1nn(C)c(C(=O)NC(CO)(CO)CO)c1N. The molecule has 1 aromatic heterocycles. The van der Waals surface area contributed by atoms with E-state index in [9.17, 15) is 4.79 Å². The molecule has 102 valence electrons. The van der Waals surface area contributed by atoms with Crippen LogP contribution in [0.15, 0.2) is 0 Å². The molecule has 0 aliphatic carbocycles. The molecule has 1 amide bonds. The van der Waals surface area contributed by atoms with Crippen molar-refractivity contribution in [3.63, 3.8) is 0 Å². The molecule has 0 bridgehead atoms. The maximum absolute atomic E-state index is 12.0. The van der Waals surface area contributed by atoms with E-state index in [4.69, 9.17) is 21.1 Å². The molecule has 0 saturated carbocycles. The number of amides is 1. The number of aryl methyl sites for hydroxylation is 2. The summed E-state index contributed by atoms with van der Waals surface area (Å²) in [6, 6.07) is 0. The predicted molar refractivity (Wildman–Crippen MR) is 63.8 cm³/mol. The van der Waals surface area contributed by atoms with Crippen LogP contribution < -0.4 is 11.1 Å². The Labute approximate surface area is 104 Å². The second-order valence-electron chi connectivity index (χ2n) is 4.18. The van der Waals surface area contributed by atoms with Gasteiger partial charge in [-0.05, 0) is 6.92 Å². The quantitative estimate of drug-likeness (QED) is 0.405. The summed E-state index contributed by atoms with van der Waals surface area (Å²) in [5.74, 6) is -0.618. The molecule has 0 unspecified atom stereocenters. The van der Waals surface area contributed by atoms with E-state index < -0.39 is 31.3 Å². The van der Waals surface area contributed by atoms with E-state index in [0.717, 1.165) is 0 Å². The van der Waals surface area contributed by atoms with Crippen molar-refractivity contribution in [3.05, 3.63) is 11.4 Å². The Kier molecular flexibility index (Phi) is 4.28. The highest BCUT2D eigenvalue weighted by atomic mass is 16.3. The molecule has 0 atom stereocenters. The third-order valence-electron chi connectivity index (χ3n) is 2.77. The second-order valence-corrected chi connectivity index (χ2v) is 4.18. The van der Waals surface area contributed by atoms with Crippen LogP contribution in [0.25, 0.3) is 0 Å². The van der Waals surface area contributed by atoms with Crippen LogP contribution >= 0.6 is 0 Å². The predicted octanol–water partition coefficient (Wildman–Crippen LogP) is -2.24. The van der Waals surface area contributed by atoms with Crippen LogP contribution in [0.3, 0.4) is 0 Å². The van der Waals surface area contributed by atoms with Crippen LogP contribution in [0, 0.1) is 6.92 Å². The number of aliphatic hydroxyl groups excluding tert-OH is 3. The number of nitrogens with one attached hydrogen (secondary N) is 1. The summed E-state index contributed by atoms with van der Waals surface area (Å²) in [6.07, 6.45) is 0. The lowest BCUT2D eigenvalue weighted by Crippen LogP contribution is -2.57. The number of hydrogen-bond acceptors (Lipinski definition) is 6. The summed E-state index contributed by atoms with van der Waals surface area (Å²) in [6.45, 7) is -0.128. The van der Waals surface area contributed by atoms with E-state index in [1.165, 1.54) is 4.68 Å². The molecule has 0 saturated heterocycles. The van der Waals surface area contributed by atoms with Gasteiger partial charge >= 0.3 is 0 Å². The smallest absolute Gasteiger partial charge is 0.272 e. The van der Waals surface area contributed by atoms with E-state index in [-0.39, 0.29) is 11.4 Å². The fourth-order valence-corrected chi connectivity index (χ4v) is 1.51. The van der Waals surface area contributed by atoms with Crippen molar-refractivity contribution >= 4 is 11.6 Å². The standard InChI is InChI=1S/C10H18N4O4/c1-6-7(11)8(14(2)13-6)9(18)12-10(3-15,4-16)5-17/h15-17H,3-5,11H2,1-2H3,(H,12,18). The first-order valence-electron chi connectivity index (χ1n) is 5.35. The van der Waals surface area contributed by atoms with Gasteiger partial charge < -0.3 is 26.4 Å². The maximum Gasteiger partial charge on any atom is 0.272 e. The first-order valence-corrected chi connectivity index (χ1v) is 5.35. The highest BCUT2D eigenvalue weighted by molar-refractivity contribution is 5.98. The Bertz CT molecular complexity index is 431. The molecule has 0 radical (unpaired) electrons. The fourth-order valence-electron chi connectivity index (χ4n) is 1.51. The normalized spacial score (nSPS) is 11.6. The summed E-state index contributed by atoms with van der Waals surface area (Å²) >= 11 is 0. The molecular weight excluding hydrogens is 240 g/mol. The Morgan fingerprint density at radius 1 is 1.39 bits per heavy atom. The Morgan fingerprint density at radius 2 is 1.89 bits per heavy atom. The lowest BCUT2D eigenvalue weighted by Gasteiger charge is -2.28. The molecule has 1 rings (SSSR count). The van der Waals surface area contributed by atoms with E-state index in [2.05, 4.69) is 10.4 Å².